The molecule has 0 saturated heterocycles. The van der Waals surface area contributed by atoms with E-state index in [1.54, 1.807) is 25.2 Å². The third-order valence-corrected chi connectivity index (χ3v) is 4.58. The van der Waals surface area contributed by atoms with Gasteiger partial charge in [-0.1, -0.05) is 0 Å². The van der Waals surface area contributed by atoms with E-state index in [2.05, 4.69) is 0 Å². The van der Waals surface area contributed by atoms with Gasteiger partial charge >= 0.3 is 5.97 Å². The molecule has 8 nitrogen and oxygen atoms in total. The first-order valence-corrected chi connectivity index (χ1v) is 8.84. The van der Waals surface area contributed by atoms with E-state index < -0.39 is 12.0 Å². The van der Waals surface area contributed by atoms with Crippen molar-refractivity contribution in [3.63, 3.8) is 0 Å². The van der Waals surface area contributed by atoms with Crippen molar-refractivity contribution in [1.29, 1.82) is 0 Å². The molecule has 27 heavy (non-hydrogen) atoms. The van der Waals surface area contributed by atoms with Crippen LogP contribution in [0.4, 0.5) is 0 Å². The largest absolute Gasteiger partial charge is 0.493 e. The Hall–Kier alpha value is -2.32. The second-order valence-electron chi connectivity index (χ2n) is 6.21. The fourth-order valence-electron chi connectivity index (χ4n) is 3.26. The van der Waals surface area contributed by atoms with E-state index >= 15 is 0 Å². The van der Waals surface area contributed by atoms with Gasteiger partial charge in [-0.15, -0.1) is 0 Å². The van der Waals surface area contributed by atoms with Crippen molar-refractivity contribution < 1.29 is 33.6 Å². The van der Waals surface area contributed by atoms with E-state index in [4.69, 9.17) is 18.9 Å². The van der Waals surface area contributed by atoms with Crippen molar-refractivity contribution in [2.75, 3.05) is 47.7 Å². The Balaban J connectivity index is 2.20. The number of methoxy groups -OCH3 is 3. The van der Waals surface area contributed by atoms with Crippen LogP contribution in [0.1, 0.15) is 30.0 Å². The average Bonchev–Trinajstić information content (AvgIpc) is 2.66. The first-order valence-electron chi connectivity index (χ1n) is 8.84. The number of hydrogen-bond acceptors (Lipinski definition) is 6. The summed E-state index contributed by atoms with van der Waals surface area (Å²) in [5, 5.41) is 9.36. The molecule has 1 aromatic rings. The highest BCUT2D eigenvalue weighted by Crippen LogP contribution is 2.39. The molecule has 0 fully saturated rings. The summed E-state index contributed by atoms with van der Waals surface area (Å²) in [7, 11) is 4.67. The number of carbonyl (C=O) groups excluding carboxylic acids is 1. The Kier molecular flexibility index (Phi) is 7.87. The lowest BCUT2D eigenvalue weighted by molar-refractivity contribution is -0.141. The lowest BCUT2D eigenvalue weighted by atomic mass is 9.89. The zero-order valence-electron chi connectivity index (χ0n) is 16.0. The van der Waals surface area contributed by atoms with Crippen molar-refractivity contribution in [2.45, 2.75) is 25.3 Å². The normalized spacial score (nSPS) is 16.0. The standard InChI is InChI=1S/C19H27NO7/c1-24-8-9-27-7-5-18(21)20-6-4-13-10-16(25-2)17(26-3)11-14(13)15(20)12-19(22)23/h10-11,15H,4-9,12H2,1-3H3,(H,22,23). The molecule has 0 aliphatic carbocycles. The number of benzene rings is 1. The molecule has 0 radical (unpaired) electrons. The van der Waals surface area contributed by atoms with Gasteiger partial charge in [0.2, 0.25) is 5.91 Å². The maximum Gasteiger partial charge on any atom is 0.305 e. The van der Waals surface area contributed by atoms with Crippen LogP contribution in [0.2, 0.25) is 0 Å². The molecule has 1 unspecified atom stereocenters. The van der Waals surface area contributed by atoms with Crippen molar-refractivity contribution in [3.05, 3.63) is 23.3 Å². The number of carboxylic acid groups (broad SMARTS) is 1. The zero-order chi connectivity index (χ0) is 19.8. The molecular weight excluding hydrogens is 354 g/mol. The lowest BCUT2D eigenvalue weighted by Gasteiger charge is -2.37. The SMILES string of the molecule is COCCOCCC(=O)N1CCc2cc(OC)c(OC)cc2C1CC(=O)O. The van der Waals surface area contributed by atoms with E-state index in [0.717, 1.165) is 11.1 Å². The Morgan fingerprint density at radius 1 is 1.11 bits per heavy atom. The van der Waals surface area contributed by atoms with Crippen LogP contribution in [-0.4, -0.2) is 69.6 Å². The van der Waals surface area contributed by atoms with E-state index in [1.165, 1.54) is 7.11 Å². The molecule has 1 aliphatic heterocycles. The first-order chi connectivity index (χ1) is 13.0. The van der Waals surface area contributed by atoms with Crippen LogP contribution >= 0.6 is 0 Å². The molecule has 1 N–H and O–H groups in total. The third kappa shape index (κ3) is 5.33. The average molecular weight is 381 g/mol. The summed E-state index contributed by atoms with van der Waals surface area (Å²) in [4.78, 5) is 25.7. The fourth-order valence-corrected chi connectivity index (χ4v) is 3.26. The minimum Gasteiger partial charge on any atom is -0.493 e. The summed E-state index contributed by atoms with van der Waals surface area (Å²) in [6.07, 6.45) is 0.656. The Morgan fingerprint density at radius 2 is 1.81 bits per heavy atom. The number of fused-ring (bicyclic) bond motifs is 1. The molecule has 1 aromatic carbocycles. The zero-order valence-corrected chi connectivity index (χ0v) is 16.0. The number of amides is 1. The van der Waals surface area contributed by atoms with Crippen molar-refractivity contribution in [1.82, 2.24) is 4.90 Å². The Bertz CT molecular complexity index is 662. The van der Waals surface area contributed by atoms with Gasteiger partial charge in [-0.3, -0.25) is 9.59 Å². The second-order valence-corrected chi connectivity index (χ2v) is 6.21. The maximum absolute atomic E-state index is 12.7. The van der Waals surface area contributed by atoms with Gasteiger partial charge in [0.05, 0.1) is 52.9 Å². The van der Waals surface area contributed by atoms with Crippen LogP contribution in [0.15, 0.2) is 12.1 Å². The van der Waals surface area contributed by atoms with Crippen molar-refractivity contribution in [3.8, 4) is 11.5 Å². The van der Waals surface area contributed by atoms with Crippen LogP contribution in [0.25, 0.3) is 0 Å². The van der Waals surface area contributed by atoms with Crippen LogP contribution in [-0.2, 0) is 25.5 Å². The second kappa shape index (κ2) is 10.1. The minimum atomic E-state index is -0.961. The molecular formula is C19H27NO7. The molecule has 2 rings (SSSR count). The van der Waals surface area contributed by atoms with Gasteiger partial charge in [0.15, 0.2) is 11.5 Å². The van der Waals surface area contributed by atoms with Gasteiger partial charge in [0.25, 0.3) is 0 Å². The van der Waals surface area contributed by atoms with E-state index in [-0.39, 0.29) is 25.4 Å². The monoisotopic (exact) mass is 381 g/mol. The van der Waals surface area contributed by atoms with Crippen LogP contribution < -0.4 is 9.47 Å². The summed E-state index contributed by atoms with van der Waals surface area (Å²) in [6, 6.07) is 3.09. The first kappa shape index (κ1) is 21.0. The van der Waals surface area contributed by atoms with E-state index in [1.807, 2.05) is 6.07 Å². The highest BCUT2D eigenvalue weighted by Gasteiger charge is 2.33. The number of hydrogen-bond donors (Lipinski definition) is 1. The quantitative estimate of drug-likeness (QED) is 0.616. The summed E-state index contributed by atoms with van der Waals surface area (Å²) in [5.74, 6) is 0.0244. The van der Waals surface area contributed by atoms with Gasteiger partial charge in [-0.2, -0.15) is 0 Å². The van der Waals surface area contributed by atoms with Gasteiger partial charge < -0.3 is 29.0 Å². The number of ether oxygens (including phenoxy) is 4. The smallest absolute Gasteiger partial charge is 0.305 e. The number of aliphatic carboxylic acids is 1. The molecule has 8 heteroatoms. The highest BCUT2D eigenvalue weighted by atomic mass is 16.5. The predicted octanol–water partition coefficient (Wildman–Crippen LogP) is 1.66. The lowest BCUT2D eigenvalue weighted by Crippen LogP contribution is -2.41. The molecule has 1 amide bonds. The third-order valence-electron chi connectivity index (χ3n) is 4.58. The van der Waals surface area contributed by atoms with Gasteiger partial charge in [-0.25, -0.2) is 0 Å². The molecule has 150 valence electrons. The summed E-state index contributed by atoms with van der Waals surface area (Å²) < 4.78 is 20.9. The molecule has 0 aromatic heterocycles. The van der Waals surface area contributed by atoms with Gasteiger partial charge in [0, 0.05) is 13.7 Å². The number of rotatable bonds is 10. The summed E-state index contributed by atoms with van der Waals surface area (Å²) in [6.45, 7) is 1.62. The number of nitrogens with zero attached hydrogens (tertiary/aromatic N) is 1. The van der Waals surface area contributed by atoms with Crippen LogP contribution in [0, 0.1) is 0 Å². The summed E-state index contributed by atoms with van der Waals surface area (Å²) in [5.41, 5.74) is 1.76. The Morgan fingerprint density at radius 3 is 2.44 bits per heavy atom. The maximum atomic E-state index is 12.7. The van der Waals surface area contributed by atoms with Crippen LogP contribution in [0.5, 0.6) is 11.5 Å². The minimum absolute atomic E-state index is 0.126. The molecule has 1 heterocycles. The molecule has 0 bridgehead atoms. The fraction of sp³-hybridized carbons (Fsp3) is 0.579. The van der Waals surface area contributed by atoms with E-state index in [9.17, 15) is 14.7 Å². The van der Waals surface area contributed by atoms with Gasteiger partial charge in [-0.05, 0) is 29.7 Å². The van der Waals surface area contributed by atoms with Crippen molar-refractivity contribution in [2.24, 2.45) is 0 Å². The summed E-state index contributed by atoms with van der Waals surface area (Å²) >= 11 is 0. The molecule has 0 saturated carbocycles. The van der Waals surface area contributed by atoms with Crippen LogP contribution in [0.3, 0.4) is 0 Å². The molecule has 1 aliphatic rings. The molecule has 0 spiro atoms. The topological polar surface area (TPSA) is 94.5 Å². The van der Waals surface area contributed by atoms with Gasteiger partial charge in [0.1, 0.15) is 0 Å². The molecule has 1 atom stereocenters. The Labute approximate surface area is 159 Å². The highest BCUT2D eigenvalue weighted by molar-refractivity contribution is 5.79. The van der Waals surface area contributed by atoms with Crippen molar-refractivity contribution >= 4 is 11.9 Å². The number of carboxylic acids is 1. The van der Waals surface area contributed by atoms with E-state index in [0.29, 0.717) is 37.7 Å². The number of carbonyl (C=O) groups is 2. The predicted molar refractivity (Wildman–Crippen MR) is 97.3 cm³/mol.